The minimum absolute atomic E-state index is 0.283. The number of carboxylic acids is 1. The predicted octanol–water partition coefficient (Wildman–Crippen LogP) is 2.70. The first-order valence-electron chi connectivity index (χ1n) is 5.69. The first-order valence-corrected chi connectivity index (χ1v) is 6.51. The Morgan fingerprint density at radius 3 is 2.84 bits per heavy atom. The second-order valence-corrected chi connectivity index (χ2v) is 5.34. The van der Waals surface area contributed by atoms with E-state index in [2.05, 4.69) is 10.1 Å². The van der Waals surface area contributed by atoms with Crippen LogP contribution in [-0.4, -0.2) is 25.8 Å². The summed E-state index contributed by atoms with van der Waals surface area (Å²) in [5, 5.41) is 14.1. The number of rotatable bonds is 2. The van der Waals surface area contributed by atoms with Crippen LogP contribution < -0.4 is 0 Å². The molecule has 19 heavy (non-hydrogen) atoms. The maximum atomic E-state index is 10.9. The molecular formula is C13H11N3O2S. The first-order chi connectivity index (χ1) is 9.04. The number of hydrogen-bond acceptors (Lipinski definition) is 4. The van der Waals surface area contributed by atoms with Crippen LogP contribution in [0.15, 0.2) is 24.4 Å². The van der Waals surface area contributed by atoms with Gasteiger partial charge in [-0.15, -0.1) is 11.3 Å². The second kappa shape index (κ2) is 4.17. The van der Waals surface area contributed by atoms with Gasteiger partial charge in [0.2, 0.25) is 0 Å². The van der Waals surface area contributed by atoms with Crippen LogP contribution in [0.5, 0.6) is 0 Å². The van der Waals surface area contributed by atoms with Gasteiger partial charge in [-0.3, -0.25) is 4.68 Å². The molecule has 1 N–H and O–H groups in total. The van der Waals surface area contributed by atoms with Gasteiger partial charge >= 0.3 is 5.97 Å². The quantitative estimate of drug-likeness (QED) is 0.779. The molecule has 6 heteroatoms. The number of carboxylic acid groups (broad SMARTS) is 1. The van der Waals surface area contributed by atoms with Gasteiger partial charge in [0.25, 0.3) is 0 Å². The summed E-state index contributed by atoms with van der Waals surface area (Å²) in [5.41, 5.74) is 3.00. The van der Waals surface area contributed by atoms with E-state index in [9.17, 15) is 4.79 Å². The standard InChI is InChI=1S/C13H11N3O2S/c1-7-9(6-16(2)15-7)12-14-10-4-3-8(13(17)18)5-11(10)19-12/h3-6H,1-2H3,(H,17,18). The summed E-state index contributed by atoms with van der Waals surface area (Å²) < 4.78 is 2.62. The molecule has 1 aromatic carbocycles. The molecule has 96 valence electrons. The normalized spacial score (nSPS) is 11.1. The largest absolute Gasteiger partial charge is 0.478 e. The van der Waals surface area contributed by atoms with E-state index < -0.39 is 5.97 Å². The van der Waals surface area contributed by atoms with Crippen LogP contribution in [0.25, 0.3) is 20.8 Å². The zero-order valence-electron chi connectivity index (χ0n) is 10.4. The molecule has 0 aliphatic heterocycles. The summed E-state index contributed by atoms with van der Waals surface area (Å²) in [4.78, 5) is 15.5. The average molecular weight is 273 g/mol. The molecule has 5 nitrogen and oxygen atoms in total. The fourth-order valence-electron chi connectivity index (χ4n) is 1.98. The van der Waals surface area contributed by atoms with Crippen molar-refractivity contribution in [3.8, 4) is 10.6 Å². The van der Waals surface area contributed by atoms with E-state index >= 15 is 0 Å². The summed E-state index contributed by atoms with van der Waals surface area (Å²) in [6, 6.07) is 4.97. The number of carbonyl (C=O) groups is 1. The molecule has 0 saturated heterocycles. The minimum atomic E-state index is -0.922. The van der Waals surface area contributed by atoms with Crippen molar-refractivity contribution >= 4 is 27.5 Å². The van der Waals surface area contributed by atoms with Crippen LogP contribution in [0.3, 0.4) is 0 Å². The van der Waals surface area contributed by atoms with Crippen LogP contribution in [0.2, 0.25) is 0 Å². The molecular weight excluding hydrogens is 262 g/mol. The maximum absolute atomic E-state index is 10.9. The average Bonchev–Trinajstić information content (AvgIpc) is 2.90. The highest BCUT2D eigenvalue weighted by Crippen LogP contribution is 2.32. The van der Waals surface area contributed by atoms with Gasteiger partial charge in [-0.05, 0) is 25.1 Å². The summed E-state index contributed by atoms with van der Waals surface area (Å²) in [6.45, 7) is 1.93. The van der Waals surface area contributed by atoms with E-state index in [1.807, 2.05) is 20.2 Å². The number of aromatic nitrogens is 3. The Morgan fingerprint density at radius 2 is 2.21 bits per heavy atom. The molecule has 0 amide bonds. The third-order valence-corrected chi connectivity index (χ3v) is 3.93. The van der Waals surface area contributed by atoms with Gasteiger partial charge in [0.15, 0.2) is 0 Å². The van der Waals surface area contributed by atoms with Crippen LogP contribution in [0, 0.1) is 6.92 Å². The fourth-order valence-corrected chi connectivity index (χ4v) is 3.05. The second-order valence-electron chi connectivity index (χ2n) is 4.31. The lowest BCUT2D eigenvalue weighted by Crippen LogP contribution is -1.94. The van der Waals surface area contributed by atoms with Crippen LogP contribution >= 0.6 is 11.3 Å². The molecule has 0 spiro atoms. The van der Waals surface area contributed by atoms with Crippen molar-refractivity contribution in [2.24, 2.45) is 7.05 Å². The SMILES string of the molecule is Cc1nn(C)cc1-c1nc2ccc(C(=O)O)cc2s1. The summed E-state index contributed by atoms with van der Waals surface area (Å²) >= 11 is 1.48. The summed E-state index contributed by atoms with van der Waals surface area (Å²) in [5.74, 6) is -0.922. The van der Waals surface area contributed by atoms with E-state index in [0.29, 0.717) is 0 Å². The molecule has 3 rings (SSSR count). The van der Waals surface area contributed by atoms with Crippen molar-refractivity contribution in [3.05, 3.63) is 35.7 Å². The van der Waals surface area contributed by atoms with Crippen LogP contribution in [0.1, 0.15) is 16.1 Å². The molecule has 3 aromatic rings. The maximum Gasteiger partial charge on any atom is 0.335 e. The molecule has 2 aromatic heterocycles. The van der Waals surface area contributed by atoms with Crippen LogP contribution in [-0.2, 0) is 7.05 Å². The lowest BCUT2D eigenvalue weighted by Gasteiger charge is -1.91. The molecule has 0 fully saturated rings. The Bertz CT molecular complexity index is 788. The molecule has 0 saturated carbocycles. The fraction of sp³-hybridized carbons (Fsp3) is 0.154. The molecule has 0 aliphatic rings. The van der Waals surface area contributed by atoms with Crippen molar-refractivity contribution in [1.82, 2.24) is 14.8 Å². The van der Waals surface area contributed by atoms with Gasteiger partial charge in [0.1, 0.15) is 5.01 Å². The van der Waals surface area contributed by atoms with Crippen molar-refractivity contribution in [3.63, 3.8) is 0 Å². The third-order valence-electron chi connectivity index (χ3n) is 2.88. The number of fused-ring (bicyclic) bond motifs is 1. The zero-order chi connectivity index (χ0) is 13.6. The first kappa shape index (κ1) is 11.9. The highest BCUT2D eigenvalue weighted by molar-refractivity contribution is 7.21. The Kier molecular flexibility index (Phi) is 2.60. The molecule has 0 radical (unpaired) electrons. The summed E-state index contributed by atoms with van der Waals surface area (Å²) in [6.07, 6.45) is 1.92. The topological polar surface area (TPSA) is 68.0 Å². The predicted molar refractivity (Wildman–Crippen MR) is 73.5 cm³/mol. The highest BCUT2D eigenvalue weighted by atomic mass is 32.1. The molecule has 0 aliphatic carbocycles. The molecule has 0 bridgehead atoms. The van der Waals surface area contributed by atoms with Gasteiger partial charge in [-0.1, -0.05) is 0 Å². The molecule has 2 heterocycles. The van der Waals surface area contributed by atoms with Gasteiger partial charge in [0, 0.05) is 13.2 Å². The van der Waals surface area contributed by atoms with Gasteiger partial charge in [-0.2, -0.15) is 5.10 Å². The molecule has 0 unspecified atom stereocenters. The highest BCUT2D eigenvalue weighted by Gasteiger charge is 2.13. The summed E-state index contributed by atoms with van der Waals surface area (Å²) in [7, 11) is 1.87. The number of aryl methyl sites for hydroxylation is 2. The minimum Gasteiger partial charge on any atom is -0.478 e. The van der Waals surface area contributed by atoms with Gasteiger partial charge < -0.3 is 5.11 Å². The Balaban J connectivity index is 2.16. The van der Waals surface area contributed by atoms with E-state index in [0.717, 1.165) is 26.5 Å². The van der Waals surface area contributed by atoms with Crippen molar-refractivity contribution in [1.29, 1.82) is 0 Å². The lowest BCUT2D eigenvalue weighted by molar-refractivity contribution is 0.0697. The van der Waals surface area contributed by atoms with E-state index in [1.54, 1.807) is 22.9 Å². The van der Waals surface area contributed by atoms with Gasteiger partial charge in [0.05, 0.1) is 27.0 Å². The van der Waals surface area contributed by atoms with Crippen molar-refractivity contribution in [2.45, 2.75) is 6.92 Å². The zero-order valence-corrected chi connectivity index (χ0v) is 11.2. The van der Waals surface area contributed by atoms with Crippen molar-refractivity contribution in [2.75, 3.05) is 0 Å². The van der Waals surface area contributed by atoms with Gasteiger partial charge in [-0.25, -0.2) is 9.78 Å². The monoisotopic (exact) mass is 273 g/mol. The van der Waals surface area contributed by atoms with Crippen molar-refractivity contribution < 1.29 is 9.90 Å². The Hall–Kier alpha value is -2.21. The Morgan fingerprint density at radius 1 is 1.42 bits per heavy atom. The lowest BCUT2D eigenvalue weighted by atomic mass is 10.2. The number of aromatic carboxylic acids is 1. The van der Waals surface area contributed by atoms with E-state index in [1.165, 1.54) is 11.3 Å². The number of thiazole rings is 1. The van der Waals surface area contributed by atoms with E-state index in [-0.39, 0.29) is 5.56 Å². The van der Waals surface area contributed by atoms with E-state index in [4.69, 9.17) is 5.11 Å². The Labute approximate surface area is 113 Å². The number of benzene rings is 1. The number of hydrogen-bond donors (Lipinski definition) is 1. The molecule has 0 atom stereocenters. The smallest absolute Gasteiger partial charge is 0.335 e. The number of nitrogens with zero attached hydrogens (tertiary/aromatic N) is 3. The third kappa shape index (κ3) is 2.00. The van der Waals surface area contributed by atoms with Crippen LogP contribution in [0.4, 0.5) is 0 Å².